The first-order chi connectivity index (χ1) is 9.75. The Kier molecular flexibility index (Phi) is 4.37. The summed E-state index contributed by atoms with van der Waals surface area (Å²) in [4.78, 5) is 1.97. The van der Waals surface area contributed by atoms with Crippen molar-refractivity contribution in [1.82, 2.24) is 14.7 Å². The first kappa shape index (κ1) is 15.6. The summed E-state index contributed by atoms with van der Waals surface area (Å²) in [5.41, 5.74) is 2.06. The van der Waals surface area contributed by atoms with Gasteiger partial charge < -0.3 is 0 Å². The van der Waals surface area contributed by atoms with Crippen LogP contribution in [-0.2, 0) is 26.3 Å². The van der Waals surface area contributed by atoms with Crippen LogP contribution in [0.1, 0.15) is 22.4 Å². The van der Waals surface area contributed by atoms with E-state index in [4.69, 9.17) is 0 Å². The zero-order valence-corrected chi connectivity index (χ0v) is 12.3. The fourth-order valence-electron chi connectivity index (χ4n) is 2.31. The summed E-state index contributed by atoms with van der Waals surface area (Å²) >= 11 is 0. The molecule has 0 aliphatic rings. The molecule has 2 rings (SSSR count). The minimum atomic E-state index is -4.30. The molecule has 0 unspecified atom stereocenters. The summed E-state index contributed by atoms with van der Waals surface area (Å²) < 4.78 is 39.8. The van der Waals surface area contributed by atoms with Gasteiger partial charge in [0.05, 0.1) is 11.3 Å². The predicted octanol–water partition coefficient (Wildman–Crippen LogP) is 3.38. The topological polar surface area (TPSA) is 21.1 Å². The number of benzene rings is 1. The molecule has 1 aromatic heterocycles. The molecular weight excluding hydrogens is 279 g/mol. The van der Waals surface area contributed by atoms with Crippen molar-refractivity contribution in [2.75, 3.05) is 7.05 Å². The first-order valence-corrected chi connectivity index (χ1v) is 6.59. The number of alkyl halides is 3. The van der Waals surface area contributed by atoms with Crippen molar-refractivity contribution in [2.45, 2.75) is 26.2 Å². The van der Waals surface area contributed by atoms with Gasteiger partial charge in [0.15, 0.2) is 0 Å². The van der Waals surface area contributed by atoms with E-state index in [9.17, 15) is 13.2 Å². The van der Waals surface area contributed by atoms with Crippen molar-refractivity contribution in [2.24, 2.45) is 7.05 Å². The number of aryl methyl sites for hydroxylation is 2. The van der Waals surface area contributed by atoms with Gasteiger partial charge in [0.25, 0.3) is 0 Å². The molecule has 1 aromatic carbocycles. The summed E-state index contributed by atoms with van der Waals surface area (Å²) in [6.07, 6.45) is -2.37. The minimum Gasteiger partial charge on any atom is -0.298 e. The van der Waals surface area contributed by atoms with Crippen LogP contribution in [0.15, 0.2) is 30.5 Å². The van der Waals surface area contributed by atoms with E-state index in [-0.39, 0.29) is 0 Å². The lowest BCUT2D eigenvalue weighted by atomic mass is 10.1. The normalized spacial score (nSPS) is 12.1. The average molecular weight is 297 g/mol. The van der Waals surface area contributed by atoms with E-state index in [0.29, 0.717) is 18.7 Å². The second kappa shape index (κ2) is 5.89. The number of nitrogens with zero attached hydrogens (tertiary/aromatic N) is 3. The highest BCUT2D eigenvalue weighted by Gasteiger charge is 2.30. The van der Waals surface area contributed by atoms with Crippen LogP contribution in [0.5, 0.6) is 0 Å². The van der Waals surface area contributed by atoms with Gasteiger partial charge in [-0.3, -0.25) is 9.58 Å². The molecule has 0 atom stereocenters. The van der Waals surface area contributed by atoms with Gasteiger partial charge in [0.2, 0.25) is 0 Å². The van der Waals surface area contributed by atoms with Crippen molar-refractivity contribution >= 4 is 0 Å². The molecule has 114 valence electrons. The highest BCUT2D eigenvalue weighted by molar-refractivity contribution is 5.25. The molecule has 0 amide bonds. The highest BCUT2D eigenvalue weighted by atomic mass is 19.4. The Morgan fingerprint density at radius 2 is 1.95 bits per heavy atom. The molecular formula is C15H18F3N3. The minimum absolute atomic E-state index is 0.457. The summed E-state index contributed by atoms with van der Waals surface area (Å²) in [7, 11) is 3.73. The Labute approximate surface area is 122 Å². The SMILES string of the molecule is Cc1nn(C)cc1CN(C)Cc1cccc(C(F)(F)F)c1. The average Bonchev–Trinajstić information content (AvgIpc) is 2.67. The standard InChI is InChI=1S/C15H18F3N3/c1-11-13(10-21(3)19-11)9-20(2)8-12-5-4-6-14(7-12)15(16,17)18/h4-7,10H,8-9H2,1-3H3. The maximum absolute atomic E-state index is 12.7. The molecule has 21 heavy (non-hydrogen) atoms. The van der Waals surface area contributed by atoms with Gasteiger partial charge in [-0.05, 0) is 25.6 Å². The first-order valence-electron chi connectivity index (χ1n) is 6.59. The molecule has 0 aliphatic heterocycles. The largest absolute Gasteiger partial charge is 0.416 e. The lowest BCUT2D eigenvalue weighted by Gasteiger charge is -2.17. The number of hydrogen-bond donors (Lipinski definition) is 0. The van der Waals surface area contributed by atoms with Crippen molar-refractivity contribution in [3.8, 4) is 0 Å². The molecule has 0 saturated carbocycles. The van der Waals surface area contributed by atoms with Gasteiger partial charge in [-0.1, -0.05) is 18.2 Å². The second-order valence-electron chi connectivity index (χ2n) is 5.28. The Hall–Kier alpha value is -1.82. The van der Waals surface area contributed by atoms with Crippen LogP contribution in [0.2, 0.25) is 0 Å². The van der Waals surface area contributed by atoms with E-state index in [1.807, 2.05) is 32.1 Å². The zero-order chi connectivity index (χ0) is 15.6. The third-order valence-corrected chi connectivity index (χ3v) is 3.26. The van der Waals surface area contributed by atoms with Crippen LogP contribution in [0.25, 0.3) is 0 Å². The van der Waals surface area contributed by atoms with Gasteiger partial charge in [-0.25, -0.2) is 0 Å². The summed E-state index contributed by atoms with van der Waals surface area (Å²) in [6.45, 7) is 3.03. The quantitative estimate of drug-likeness (QED) is 0.862. The van der Waals surface area contributed by atoms with Crippen LogP contribution < -0.4 is 0 Å². The Morgan fingerprint density at radius 1 is 1.24 bits per heavy atom. The van der Waals surface area contributed by atoms with Crippen molar-refractivity contribution in [3.05, 3.63) is 52.8 Å². The fourth-order valence-corrected chi connectivity index (χ4v) is 2.31. The van der Waals surface area contributed by atoms with Crippen molar-refractivity contribution in [1.29, 1.82) is 0 Å². The molecule has 0 fully saturated rings. The second-order valence-corrected chi connectivity index (χ2v) is 5.28. The summed E-state index contributed by atoms with van der Waals surface area (Å²) in [5, 5.41) is 4.26. The van der Waals surface area contributed by atoms with Gasteiger partial charge >= 0.3 is 6.18 Å². The van der Waals surface area contributed by atoms with E-state index < -0.39 is 11.7 Å². The third kappa shape index (κ3) is 4.07. The molecule has 2 aromatic rings. The number of halogens is 3. The van der Waals surface area contributed by atoms with Gasteiger partial charge in [-0.15, -0.1) is 0 Å². The van der Waals surface area contributed by atoms with Crippen molar-refractivity contribution < 1.29 is 13.2 Å². The molecule has 1 heterocycles. The highest BCUT2D eigenvalue weighted by Crippen LogP contribution is 2.29. The fraction of sp³-hybridized carbons (Fsp3) is 0.400. The van der Waals surface area contributed by atoms with E-state index >= 15 is 0 Å². The van der Waals surface area contributed by atoms with Gasteiger partial charge in [-0.2, -0.15) is 18.3 Å². The van der Waals surface area contributed by atoms with Crippen LogP contribution in [0.3, 0.4) is 0 Å². The lowest BCUT2D eigenvalue weighted by molar-refractivity contribution is -0.137. The van der Waals surface area contributed by atoms with E-state index in [2.05, 4.69) is 5.10 Å². The molecule has 0 aliphatic carbocycles. The van der Waals surface area contributed by atoms with E-state index in [1.165, 1.54) is 12.1 Å². The maximum Gasteiger partial charge on any atom is 0.416 e. The number of aromatic nitrogens is 2. The third-order valence-electron chi connectivity index (χ3n) is 3.26. The van der Waals surface area contributed by atoms with Gasteiger partial charge in [0.1, 0.15) is 0 Å². The molecule has 3 nitrogen and oxygen atoms in total. The van der Waals surface area contributed by atoms with Gasteiger partial charge in [0, 0.05) is 31.9 Å². The van der Waals surface area contributed by atoms with Crippen LogP contribution in [-0.4, -0.2) is 21.7 Å². The smallest absolute Gasteiger partial charge is 0.298 e. The van der Waals surface area contributed by atoms with Crippen LogP contribution >= 0.6 is 0 Å². The Morgan fingerprint density at radius 3 is 2.52 bits per heavy atom. The Bertz CT molecular complexity index is 617. The summed E-state index contributed by atoms with van der Waals surface area (Å²) in [5.74, 6) is 0. The molecule has 6 heteroatoms. The lowest BCUT2D eigenvalue weighted by Crippen LogP contribution is -2.18. The molecule has 0 spiro atoms. The maximum atomic E-state index is 12.7. The predicted molar refractivity (Wildman–Crippen MR) is 74.6 cm³/mol. The molecule has 0 radical (unpaired) electrons. The Balaban J connectivity index is 2.06. The van der Waals surface area contributed by atoms with E-state index in [1.54, 1.807) is 10.7 Å². The number of hydrogen-bond acceptors (Lipinski definition) is 2. The zero-order valence-electron chi connectivity index (χ0n) is 12.3. The van der Waals surface area contributed by atoms with E-state index in [0.717, 1.165) is 17.3 Å². The summed E-state index contributed by atoms with van der Waals surface area (Å²) in [6, 6.07) is 5.45. The molecule has 0 bridgehead atoms. The van der Waals surface area contributed by atoms with Crippen molar-refractivity contribution in [3.63, 3.8) is 0 Å². The molecule has 0 saturated heterocycles. The molecule has 0 N–H and O–H groups in total. The van der Waals surface area contributed by atoms with Crippen LogP contribution in [0, 0.1) is 6.92 Å². The van der Waals surface area contributed by atoms with Crippen LogP contribution in [0.4, 0.5) is 13.2 Å². The number of rotatable bonds is 4. The monoisotopic (exact) mass is 297 g/mol.